The van der Waals surface area contributed by atoms with E-state index in [1.807, 2.05) is 41.1 Å². The van der Waals surface area contributed by atoms with Crippen molar-refractivity contribution in [3.8, 4) is 0 Å². The van der Waals surface area contributed by atoms with Gasteiger partial charge in [-0.05, 0) is 26.3 Å². The Morgan fingerprint density at radius 1 is 1.22 bits per heavy atom. The van der Waals surface area contributed by atoms with Crippen molar-refractivity contribution in [2.75, 3.05) is 7.11 Å². The minimum atomic E-state index is -0.875. The summed E-state index contributed by atoms with van der Waals surface area (Å²) < 4.78 is 7.14. The van der Waals surface area contributed by atoms with Gasteiger partial charge in [-0.15, -0.1) is 0 Å². The lowest BCUT2D eigenvalue weighted by Gasteiger charge is -2.22. The van der Waals surface area contributed by atoms with Crippen LogP contribution in [0.15, 0.2) is 42.9 Å². The van der Waals surface area contributed by atoms with Gasteiger partial charge < -0.3 is 14.6 Å². The van der Waals surface area contributed by atoms with E-state index < -0.39 is 23.6 Å². The molecule has 0 fully saturated rings. The van der Waals surface area contributed by atoms with Crippen molar-refractivity contribution in [2.24, 2.45) is 0 Å². The predicted octanol–water partition coefficient (Wildman–Crippen LogP) is 2.04. The molecule has 2 N–H and O–H groups in total. The van der Waals surface area contributed by atoms with Crippen LogP contribution in [0.1, 0.15) is 32.0 Å². The molecule has 1 aromatic carbocycles. The molecule has 0 saturated carbocycles. The quantitative estimate of drug-likeness (QED) is 0.724. The first kappa shape index (κ1) is 20.4. The zero-order valence-corrected chi connectivity index (χ0v) is 16.1. The Kier molecular flexibility index (Phi) is 6.95. The van der Waals surface area contributed by atoms with Crippen molar-refractivity contribution in [2.45, 2.75) is 45.4 Å². The first-order valence-electron chi connectivity index (χ1n) is 8.64. The van der Waals surface area contributed by atoms with E-state index in [2.05, 4.69) is 20.6 Å². The fourth-order valence-electron chi connectivity index (χ4n) is 2.43. The lowest BCUT2D eigenvalue weighted by Crippen LogP contribution is -2.49. The number of hydrogen-bond donors (Lipinski definition) is 2. The highest BCUT2D eigenvalue weighted by molar-refractivity contribution is 5.85. The Morgan fingerprint density at radius 2 is 1.93 bits per heavy atom. The molecule has 2 aromatic rings. The number of benzene rings is 1. The van der Waals surface area contributed by atoms with Gasteiger partial charge in [-0.3, -0.25) is 9.63 Å². The van der Waals surface area contributed by atoms with Crippen molar-refractivity contribution in [3.63, 3.8) is 0 Å². The molecule has 0 saturated heterocycles. The van der Waals surface area contributed by atoms with E-state index in [0.717, 1.165) is 5.56 Å². The molecule has 27 heavy (non-hydrogen) atoms. The Bertz CT molecular complexity index is 753. The fourth-order valence-corrected chi connectivity index (χ4v) is 2.43. The van der Waals surface area contributed by atoms with Gasteiger partial charge in [-0.2, -0.15) is 0 Å². The number of amides is 2. The van der Waals surface area contributed by atoms with Gasteiger partial charge in [-0.25, -0.2) is 15.3 Å². The Morgan fingerprint density at radius 3 is 2.56 bits per heavy atom. The van der Waals surface area contributed by atoms with Crippen LogP contribution in [-0.4, -0.2) is 40.3 Å². The van der Waals surface area contributed by atoms with Gasteiger partial charge in [0, 0.05) is 19.2 Å². The molecule has 8 nitrogen and oxygen atoms in total. The summed E-state index contributed by atoms with van der Waals surface area (Å²) in [6.45, 7) is 5.93. The third kappa shape index (κ3) is 7.10. The van der Waals surface area contributed by atoms with Gasteiger partial charge >= 0.3 is 6.09 Å². The molecule has 0 aliphatic heterocycles. The van der Waals surface area contributed by atoms with Crippen LogP contribution >= 0.6 is 0 Å². The summed E-state index contributed by atoms with van der Waals surface area (Å²) in [5, 5.41) is 2.56. The molecule has 0 aliphatic carbocycles. The van der Waals surface area contributed by atoms with Crippen LogP contribution in [0.25, 0.3) is 0 Å². The van der Waals surface area contributed by atoms with E-state index in [1.54, 1.807) is 27.1 Å². The number of ether oxygens (including phenoxy) is 1. The summed E-state index contributed by atoms with van der Waals surface area (Å²) in [5.41, 5.74) is 3.38. The second-order valence-corrected chi connectivity index (χ2v) is 7.10. The summed E-state index contributed by atoms with van der Waals surface area (Å²) in [6, 6.07) is 9.09. The van der Waals surface area contributed by atoms with E-state index in [1.165, 1.54) is 7.11 Å². The molecule has 0 aliphatic rings. The SMILES string of the molecule is CONC(=O)[C@H](Cc1cn(Cc2ccccc2)cn1)NC(=O)OC(C)(C)C. The number of carbonyl (C=O) groups excluding carboxylic acids is 2. The zero-order chi connectivity index (χ0) is 19.9. The molecular formula is C19H26N4O4. The molecule has 0 radical (unpaired) electrons. The third-order valence-electron chi connectivity index (χ3n) is 3.52. The molecule has 2 rings (SSSR count). The van der Waals surface area contributed by atoms with Crippen LogP contribution in [0.5, 0.6) is 0 Å². The molecule has 0 unspecified atom stereocenters. The van der Waals surface area contributed by atoms with Gasteiger partial charge in [0.25, 0.3) is 5.91 Å². The van der Waals surface area contributed by atoms with Crippen molar-refractivity contribution in [1.29, 1.82) is 0 Å². The largest absolute Gasteiger partial charge is 0.444 e. The number of nitrogens with zero attached hydrogens (tertiary/aromatic N) is 2. The molecule has 1 aromatic heterocycles. The van der Waals surface area contributed by atoms with Crippen LogP contribution in [0.3, 0.4) is 0 Å². The van der Waals surface area contributed by atoms with Gasteiger partial charge in [-0.1, -0.05) is 30.3 Å². The first-order valence-corrected chi connectivity index (χ1v) is 8.64. The Labute approximate surface area is 158 Å². The second-order valence-electron chi connectivity index (χ2n) is 7.10. The minimum absolute atomic E-state index is 0.205. The summed E-state index contributed by atoms with van der Waals surface area (Å²) in [4.78, 5) is 33.2. The highest BCUT2D eigenvalue weighted by Gasteiger charge is 2.25. The number of rotatable bonds is 7. The van der Waals surface area contributed by atoms with E-state index >= 15 is 0 Å². The van der Waals surface area contributed by atoms with Crippen molar-refractivity contribution >= 4 is 12.0 Å². The molecule has 8 heteroatoms. The maximum absolute atomic E-state index is 12.2. The molecular weight excluding hydrogens is 348 g/mol. The topological polar surface area (TPSA) is 94.5 Å². The van der Waals surface area contributed by atoms with Crippen LogP contribution in [-0.2, 0) is 27.3 Å². The van der Waals surface area contributed by atoms with Gasteiger partial charge in [0.2, 0.25) is 0 Å². The van der Waals surface area contributed by atoms with E-state index in [4.69, 9.17) is 4.74 Å². The third-order valence-corrected chi connectivity index (χ3v) is 3.52. The normalized spacial score (nSPS) is 12.3. The van der Waals surface area contributed by atoms with Gasteiger partial charge in [0.1, 0.15) is 11.6 Å². The van der Waals surface area contributed by atoms with Crippen LogP contribution in [0.2, 0.25) is 0 Å². The molecule has 0 bridgehead atoms. The van der Waals surface area contributed by atoms with Crippen LogP contribution in [0, 0.1) is 0 Å². The number of hydroxylamine groups is 1. The number of aromatic nitrogens is 2. The number of carbonyl (C=O) groups is 2. The summed E-state index contributed by atoms with van der Waals surface area (Å²) >= 11 is 0. The number of imidazole rings is 1. The summed E-state index contributed by atoms with van der Waals surface area (Å²) in [5.74, 6) is -0.485. The monoisotopic (exact) mass is 374 g/mol. The number of alkyl carbamates (subject to hydrolysis) is 1. The average molecular weight is 374 g/mol. The summed E-state index contributed by atoms with van der Waals surface area (Å²) in [7, 11) is 1.33. The molecule has 0 spiro atoms. The highest BCUT2D eigenvalue weighted by atomic mass is 16.6. The lowest BCUT2D eigenvalue weighted by molar-refractivity contribution is -0.133. The smallest absolute Gasteiger partial charge is 0.408 e. The average Bonchev–Trinajstić information content (AvgIpc) is 3.00. The van der Waals surface area contributed by atoms with E-state index in [-0.39, 0.29) is 6.42 Å². The second kappa shape index (κ2) is 9.18. The Balaban J connectivity index is 2.04. The maximum atomic E-state index is 12.2. The van der Waals surface area contributed by atoms with Gasteiger partial charge in [0.05, 0.1) is 19.1 Å². The van der Waals surface area contributed by atoms with Crippen LogP contribution in [0.4, 0.5) is 4.79 Å². The molecule has 1 heterocycles. The number of hydrogen-bond acceptors (Lipinski definition) is 5. The standard InChI is InChI=1S/C19H26N4O4/c1-19(2,3)27-18(25)21-16(17(24)22-26-4)10-15-12-23(13-20-15)11-14-8-6-5-7-9-14/h5-9,12-13,16H,10-11H2,1-4H3,(H,21,25)(H,22,24)/t16-/m0/s1. The van der Waals surface area contributed by atoms with Crippen LogP contribution < -0.4 is 10.8 Å². The lowest BCUT2D eigenvalue weighted by atomic mass is 10.1. The Hall–Kier alpha value is -2.87. The molecule has 146 valence electrons. The molecule has 2 amide bonds. The first-order chi connectivity index (χ1) is 12.8. The summed E-state index contributed by atoms with van der Waals surface area (Å²) in [6.07, 6.45) is 3.07. The minimum Gasteiger partial charge on any atom is -0.444 e. The van der Waals surface area contributed by atoms with Gasteiger partial charge in [0.15, 0.2) is 0 Å². The fraction of sp³-hybridized carbons (Fsp3) is 0.421. The molecule has 1 atom stereocenters. The zero-order valence-electron chi connectivity index (χ0n) is 16.1. The highest BCUT2D eigenvalue weighted by Crippen LogP contribution is 2.09. The van der Waals surface area contributed by atoms with E-state index in [9.17, 15) is 9.59 Å². The van der Waals surface area contributed by atoms with Crippen molar-refractivity contribution < 1.29 is 19.2 Å². The number of nitrogens with one attached hydrogen (secondary N) is 2. The maximum Gasteiger partial charge on any atom is 0.408 e. The van der Waals surface area contributed by atoms with E-state index in [0.29, 0.717) is 12.2 Å². The van der Waals surface area contributed by atoms with Crippen molar-refractivity contribution in [3.05, 3.63) is 54.1 Å². The van der Waals surface area contributed by atoms with Crippen molar-refractivity contribution in [1.82, 2.24) is 20.3 Å². The predicted molar refractivity (Wildman–Crippen MR) is 99.8 cm³/mol.